The van der Waals surface area contributed by atoms with Crippen molar-refractivity contribution in [1.29, 1.82) is 0 Å². The zero-order chi connectivity index (χ0) is 14.1. The minimum Gasteiger partial charge on any atom is -0.365 e. The van der Waals surface area contributed by atoms with Crippen LogP contribution in [-0.2, 0) is 6.54 Å². The van der Waals surface area contributed by atoms with E-state index in [1.165, 1.54) is 40.4 Å². The normalized spacial score (nSPS) is 19.6. The second-order valence-electron chi connectivity index (χ2n) is 5.45. The van der Waals surface area contributed by atoms with Crippen LogP contribution in [0.3, 0.4) is 0 Å². The van der Waals surface area contributed by atoms with Crippen molar-refractivity contribution in [1.82, 2.24) is 9.88 Å². The van der Waals surface area contributed by atoms with Crippen molar-refractivity contribution in [3.05, 3.63) is 21.2 Å². The Labute approximate surface area is 128 Å². The summed E-state index contributed by atoms with van der Waals surface area (Å²) in [7, 11) is 1.95. The number of thiophene rings is 1. The van der Waals surface area contributed by atoms with Crippen molar-refractivity contribution in [2.75, 3.05) is 18.9 Å². The first kappa shape index (κ1) is 14.0. The van der Waals surface area contributed by atoms with Crippen molar-refractivity contribution in [3.8, 4) is 11.3 Å². The molecule has 1 aliphatic rings. The Bertz CT molecular complexity index is 588. The summed E-state index contributed by atoms with van der Waals surface area (Å²) in [5.74, 6) is 0. The Kier molecular flexibility index (Phi) is 4.10. The summed E-state index contributed by atoms with van der Waals surface area (Å²) in [4.78, 5) is 10.1. The molecule has 3 heterocycles. The van der Waals surface area contributed by atoms with E-state index in [2.05, 4.69) is 35.5 Å². The number of hydrogen-bond acceptors (Lipinski definition) is 5. The first-order chi connectivity index (χ1) is 9.67. The summed E-state index contributed by atoms with van der Waals surface area (Å²) in [6.07, 6.45) is 2.65. The molecule has 0 spiro atoms. The Morgan fingerprint density at radius 3 is 2.95 bits per heavy atom. The molecule has 1 unspecified atom stereocenters. The SMILES string of the molecule is CNc1nc(-c2csc(C)c2)c(CN2CCCC2C)s1. The molecule has 108 valence electrons. The van der Waals surface area contributed by atoms with Gasteiger partial charge in [-0.1, -0.05) is 0 Å². The molecular formula is C15H21N3S2. The van der Waals surface area contributed by atoms with Gasteiger partial charge in [-0.25, -0.2) is 4.98 Å². The van der Waals surface area contributed by atoms with Crippen molar-refractivity contribution in [3.63, 3.8) is 0 Å². The molecule has 20 heavy (non-hydrogen) atoms. The number of aromatic nitrogens is 1. The highest BCUT2D eigenvalue weighted by Crippen LogP contribution is 2.35. The molecule has 0 aromatic carbocycles. The van der Waals surface area contributed by atoms with Gasteiger partial charge in [-0.3, -0.25) is 4.90 Å². The number of nitrogens with one attached hydrogen (secondary N) is 1. The second-order valence-corrected chi connectivity index (χ2v) is 7.65. The van der Waals surface area contributed by atoms with Gasteiger partial charge in [0.15, 0.2) is 5.13 Å². The van der Waals surface area contributed by atoms with Crippen molar-refractivity contribution < 1.29 is 0 Å². The summed E-state index contributed by atoms with van der Waals surface area (Å²) in [5.41, 5.74) is 2.44. The van der Waals surface area contributed by atoms with Gasteiger partial charge in [-0.05, 0) is 39.3 Å². The van der Waals surface area contributed by atoms with Crippen molar-refractivity contribution in [2.24, 2.45) is 0 Å². The van der Waals surface area contributed by atoms with Crippen LogP contribution < -0.4 is 5.32 Å². The van der Waals surface area contributed by atoms with E-state index in [-0.39, 0.29) is 0 Å². The van der Waals surface area contributed by atoms with E-state index in [0.29, 0.717) is 6.04 Å². The highest BCUT2D eigenvalue weighted by molar-refractivity contribution is 7.16. The first-order valence-electron chi connectivity index (χ1n) is 7.14. The van der Waals surface area contributed by atoms with E-state index in [0.717, 1.165) is 11.7 Å². The average molecular weight is 307 g/mol. The van der Waals surface area contributed by atoms with Gasteiger partial charge in [0.2, 0.25) is 0 Å². The minimum atomic E-state index is 0.701. The predicted molar refractivity (Wildman–Crippen MR) is 88.8 cm³/mol. The molecule has 0 radical (unpaired) electrons. The van der Waals surface area contributed by atoms with Crippen LogP contribution in [0.5, 0.6) is 0 Å². The molecule has 2 aromatic heterocycles. The van der Waals surface area contributed by atoms with Crippen LogP contribution in [0.4, 0.5) is 5.13 Å². The lowest BCUT2D eigenvalue weighted by atomic mass is 10.2. The van der Waals surface area contributed by atoms with Gasteiger partial charge in [-0.15, -0.1) is 22.7 Å². The molecule has 3 rings (SSSR count). The largest absolute Gasteiger partial charge is 0.365 e. The van der Waals surface area contributed by atoms with Crippen molar-refractivity contribution >= 4 is 27.8 Å². The fourth-order valence-corrected chi connectivity index (χ4v) is 4.42. The van der Waals surface area contributed by atoms with E-state index in [1.54, 1.807) is 22.7 Å². The third-order valence-electron chi connectivity index (χ3n) is 3.95. The molecular weight excluding hydrogens is 286 g/mol. The molecule has 3 nitrogen and oxygen atoms in total. The van der Waals surface area contributed by atoms with E-state index in [4.69, 9.17) is 4.98 Å². The van der Waals surface area contributed by atoms with E-state index in [1.807, 2.05) is 7.05 Å². The quantitative estimate of drug-likeness (QED) is 0.917. The van der Waals surface area contributed by atoms with Crippen LogP contribution in [0.25, 0.3) is 11.3 Å². The number of likely N-dealkylation sites (tertiary alicyclic amines) is 1. The standard InChI is InChI=1S/C15H21N3S2/c1-10-5-4-6-18(10)8-13-14(17-15(16-3)20-13)12-7-11(2)19-9-12/h7,9-10H,4-6,8H2,1-3H3,(H,16,17). The Morgan fingerprint density at radius 2 is 2.35 bits per heavy atom. The molecule has 0 bridgehead atoms. The Hall–Kier alpha value is -0.910. The minimum absolute atomic E-state index is 0.701. The Morgan fingerprint density at radius 1 is 1.50 bits per heavy atom. The molecule has 0 amide bonds. The van der Waals surface area contributed by atoms with Gasteiger partial charge in [0, 0.05) is 40.3 Å². The number of anilines is 1. The summed E-state index contributed by atoms with van der Waals surface area (Å²) in [6, 6.07) is 2.95. The Balaban J connectivity index is 1.90. The number of nitrogens with zero attached hydrogens (tertiary/aromatic N) is 2. The molecule has 1 saturated heterocycles. The average Bonchev–Trinajstić information content (AvgIpc) is 3.12. The van der Waals surface area contributed by atoms with Crippen LogP contribution in [0.15, 0.2) is 11.4 Å². The number of thiazole rings is 1. The molecule has 0 saturated carbocycles. The molecule has 1 aliphatic heterocycles. The number of hydrogen-bond donors (Lipinski definition) is 1. The summed E-state index contributed by atoms with van der Waals surface area (Å²) >= 11 is 3.59. The number of aryl methyl sites for hydroxylation is 1. The highest BCUT2D eigenvalue weighted by atomic mass is 32.1. The monoisotopic (exact) mass is 307 g/mol. The van der Waals surface area contributed by atoms with Crippen LogP contribution in [0.1, 0.15) is 29.5 Å². The summed E-state index contributed by atoms with van der Waals surface area (Å²) in [6.45, 7) is 6.74. The third-order valence-corrected chi connectivity index (χ3v) is 5.87. The van der Waals surface area contributed by atoms with E-state index < -0.39 is 0 Å². The summed E-state index contributed by atoms with van der Waals surface area (Å²) < 4.78 is 0. The first-order valence-corrected chi connectivity index (χ1v) is 8.84. The number of rotatable bonds is 4. The van der Waals surface area contributed by atoms with Crippen LogP contribution >= 0.6 is 22.7 Å². The van der Waals surface area contributed by atoms with Crippen molar-refractivity contribution in [2.45, 2.75) is 39.3 Å². The predicted octanol–water partition coefficient (Wildman–Crippen LogP) is 4.21. The van der Waals surface area contributed by atoms with Gasteiger partial charge in [0.05, 0.1) is 5.69 Å². The van der Waals surface area contributed by atoms with Gasteiger partial charge in [-0.2, -0.15) is 0 Å². The maximum Gasteiger partial charge on any atom is 0.183 e. The lowest BCUT2D eigenvalue weighted by Crippen LogP contribution is -2.25. The molecule has 5 heteroatoms. The molecule has 0 aliphatic carbocycles. The molecule has 1 atom stereocenters. The molecule has 1 fully saturated rings. The van der Waals surface area contributed by atoms with E-state index >= 15 is 0 Å². The fraction of sp³-hybridized carbons (Fsp3) is 0.533. The second kappa shape index (κ2) is 5.84. The van der Waals surface area contributed by atoms with Gasteiger partial charge in [0.1, 0.15) is 0 Å². The lowest BCUT2D eigenvalue weighted by Gasteiger charge is -2.20. The maximum atomic E-state index is 4.77. The molecule has 2 aromatic rings. The maximum absolute atomic E-state index is 4.77. The third kappa shape index (κ3) is 2.75. The summed E-state index contributed by atoms with van der Waals surface area (Å²) in [5, 5.41) is 6.43. The highest BCUT2D eigenvalue weighted by Gasteiger charge is 2.23. The van der Waals surface area contributed by atoms with Crippen LogP contribution in [0.2, 0.25) is 0 Å². The van der Waals surface area contributed by atoms with Crippen LogP contribution in [-0.4, -0.2) is 29.5 Å². The van der Waals surface area contributed by atoms with Gasteiger partial charge >= 0.3 is 0 Å². The van der Waals surface area contributed by atoms with Crippen LogP contribution in [0, 0.1) is 6.92 Å². The zero-order valence-corrected chi connectivity index (χ0v) is 13.9. The zero-order valence-electron chi connectivity index (χ0n) is 12.3. The smallest absolute Gasteiger partial charge is 0.183 e. The topological polar surface area (TPSA) is 28.2 Å². The van der Waals surface area contributed by atoms with Gasteiger partial charge in [0.25, 0.3) is 0 Å². The molecule has 1 N–H and O–H groups in total. The lowest BCUT2D eigenvalue weighted by molar-refractivity contribution is 0.263. The fourth-order valence-electron chi connectivity index (χ4n) is 2.77. The van der Waals surface area contributed by atoms with Gasteiger partial charge < -0.3 is 5.32 Å². The van der Waals surface area contributed by atoms with E-state index in [9.17, 15) is 0 Å².